The Morgan fingerprint density at radius 1 is 1.14 bits per heavy atom. The van der Waals surface area contributed by atoms with Crippen molar-refractivity contribution in [3.8, 4) is 5.88 Å². The lowest BCUT2D eigenvalue weighted by molar-refractivity contribution is -0.118. The van der Waals surface area contributed by atoms with Gasteiger partial charge in [-0.25, -0.2) is 9.97 Å². The summed E-state index contributed by atoms with van der Waals surface area (Å²) in [4.78, 5) is 19.7. The fraction of sp³-hybridized carbons (Fsp3) is 0.458. The Kier molecular flexibility index (Phi) is 5.15. The molecule has 4 rings (SSSR count). The van der Waals surface area contributed by atoms with Crippen molar-refractivity contribution in [1.82, 2.24) is 9.97 Å². The molecule has 0 spiro atoms. The van der Waals surface area contributed by atoms with Gasteiger partial charge in [0.1, 0.15) is 23.5 Å². The average molecular weight is 392 g/mol. The van der Waals surface area contributed by atoms with Gasteiger partial charge in [-0.05, 0) is 75.5 Å². The quantitative estimate of drug-likeness (QED) is 0.791. The average Bonchev–Trinajstić information content (AvgIpc) is 2.67. The number of nitrogens with zero attached hydrogens (tertiary/aromatic N) is 2. The van der Waals surface area contributed by atoms with E-state index in [4.69, 9.17) is 10.5 Å². The number of hydrogen-bond donors (Lipinski definition) is 1. The standard InChI is InChI=1S/C24H29N3O2/c1-15(28)12-16-4-6-17(7-5-16)18-8-10-19(11-9-18)21-13-20-22(25)26-14-27-23(20)29-24(21,2)3/h8-11,13-14,16-17H,4-7,12H2,1-3H3,(H2,25,26,27). The summed E-state index contributed by atoms with van der Waals surface area (Å²) in [5.41, 5.74) is 9.86. The fourth-order valence-corrected chi connectivity index (χ4v) is 4.70. The lowest BCUT2D eigenvalue weighted by Crippen LogP contribution is -2.33. The highest BCUT2D eigenvalue weighted by Crippen LogP contribution is 2.42. The summed E-state index contributed by atoms with van der Waals surface area (Å²) in [6.07, 6.45) is 8.84. The van der Waals surface area contributed by atoms with Gasteiger partial charge in [0.25, 0.3) is 0 Å². The summed E-state index contributed by atoms with van der Waals surface area (Å²) in [5.74, 6) is 2.44. The van der Waals surface area contributed by atoms with Crippen LogP contribution in [-0.4, -0.2) is 21.4 Å². The summed E-state index contributed by atoms with van der Waals surface area (Å²) in [6, 6.07) is 8.84. The van der Waals surface area contributed by atoms with E-state index in [-0.39, 0.29) is 0 Å². The third-order valence-corrected chi connectivity index (χ3v) is 6.28. The van der Waals surface area contributed by atoms with Crippen LogP contribution in [0.15, 0.2) is 30.6 Å². The van der Waals surface area contributed by atoms with E-state index < -0.39 is 5.60 Å². The molecule has 1 saturated carbocycles. The number of carbonyl (C=O) groups is 1. The van der Waals surface area contributed by atoms with Crippen molar-refractivity contribution in [2.24, 2.45) is 5.92 Å². The maximum Gasteiger partial charge on any atom is 0.226 e. The second-order valence-corrected chi connectivity index (χ2v) is 8.89. The second-order valence-electron chi connectivity index (χ2n) is 8.89. The Bertz CT molecular complexity index is 939. The molecule has 2 N–H and O–H groups in total. The Morgan fingerprint density at radius 2 is 1.83 bits per heavy atom. The van der Waals surface area contributed by atoms with Gasteiger partial charge < -0.3 is 15.3 Å². The topological polar surface area (TPSA) is 78.1 Å². The first kappa shape index (κ1) is 19.6. The normalized spacial score (nSPS) is 22.9. The maximum absolute atomic E-state index is 11.4. The summed E-state index contributed by atoms with van der Waals surface area (Å²) < 4.78 is 6.13. The SMILES string of the molecule is CC(=O)CC1CCC(c2ccc(C3=Cc4c(N)ncnc4OC3(C)C)cc2)CC1. The van der Waals surface area contributed by atoms with Crippen LogP contribution in [0.25, 0.3) is 11.6 Å². The summed E-state index contributed by atoms with van der Waals surface area (Å²) in [6.45, 7) is 5.79. The lowest BCUT2D eigenvalue weighted by Gasteiger charge is -2.33. The monoisotopic (exact) mass is 391 g/mol. The number of ketones is 1. The summed E-state index contributed by atoms with van der Waals surface area (Å²) in [5, 5.41) is 0. The predicted octanol–water partition coefficient (Wildman–Crippen LogP) is 5.02. The molecule has 0 unspecified atom stereocenters. The number of nitrogen functional groups attached to an aromatic ring is 1. The molecule has 5 nitrogen and oxygen atoms in total. The fourth-order valence-electron chi connectivity index (χ4n) is 4.70. The highest BCUT2D eigenvalue weighted by molar-refractivity contribution is 5.91. The Hall–Kier alpha value is -2.69. The molecule has 1 fully saturated rings. The van der Waals surface area contributed by atoms with E-state index >= 15 is 0 Å². The molecule has 0 radical (unpaired) electrons. The molecule has 152 valence electrons. The van der Waals surface area contributed by atoms with Gasteiger partial charge in [0.15, 0.2) is 0 Å². The number of rotatable bonds is 4. The van der Waals surface area contributed by atoms with E-state index in [0.29, 0.717) is 29.3 Å². The Morgan fingerprint density at radius 3 is 2.48 bits per heavy atom. The summed E-state index contributed by atoms with van der Waals surface area (Å²) >= 11 is 0. The first-order valence-electron chi connectivity index (χ1n) is 10.4. The van der Waals surface area contributed by atoms with Crippen molar-refractivity contribution in [1.29, 1.82) is 0 Å². The number of aromatic nitrogens is 2. The van der Waals surface area contributed by atoms with E-state index in [9.17, 15) is 4.79 Å². The molecule has 1 aromatic carbocycles. The van der Waals surface area contributed by atoms with Crippen LogP contribution >= 0.6 is 0 Å². The van der Waals surface area contributed by atoms with Crippen LogP contribution in [-0.2, 0) is 4.79 Å². The number of benzene rings is 1. The molecule has 2 aliphatic rings. The van der Waals surface area contributed by atoms with Gasteiger partial charge in [-0.2, -0.15) is 0 Å². The highest BCUT2D eigenvalue weighted by Gasteiger charge is 2.33. The highest BCUT2D eigenvalue weighted by atomic mass is 16.5. The molecule has 29 heavy (non-hydrogen) atoms. The maximum atomic E-state index is 11.4. The number of hydrogen-bond acceptors (Lipinski definition) is 5. The van der Waals surface area contributed by atoms with Crippen molar-refractivity contribution < 1.29 is 9.53 Å². The largest absolute Gasteiger partial charge is 0.466 e. The van der Waals surface area contributed by atoms with Crippen molar-refractivity contribution in [3.63, 3.8) is 0 Å². The Balaban J connectivity index is 1.54. The third kappa shape index (κ3) is 4.04. The van der Waals surface area contributed by atoms with Gasteiger partial charge in [-0.1, -0.05) is 24.3 Å². The third-order valence-electron chi connectivity index (χ3n) is 6.28. The second kappa shape index (κ2) is 7.62. The molecule has 2 heterocycles. The molecule has 2 aromatic rings. The number of carbonyl (C=O) groups excluding carboxylic acids is 1. The predicted molar refractivity (Wildman–Crippen MR) is 115 cm³/mol. The van der Waals surface area contributed by atoms with Gasteiger partial charge in [-0.3, -0.25) is 0 Å². The molecule has 0 saturated heterocycles. The minimum atomic E-state index is -0.500. The number of Topliss-reactive ketones (excluding diaryl/α,β-unsaturated/α-hetero) is 1. The van der Waals surface area contributed by atoms with Crippen LogP contribution < -0.4 is 10.5 Å². The smallest absolute Gasteiger partial charge is 0.226 e. The minimum Gasteiger partial charge on any atom is -0.466 e. The molecule has 0 atom stereocenters. The lowest BCUT2D eigenvalue weighted by atomic mass is 9.77. The molecule has 1 aliphatic heterocycles. The van der Waals surface area contributed by atoms with Crippen molar-refractivity contribution in [3.05, 3.63) is 47.3 Å². The van der Waals surface area contributed by atoms with E-state index in [1.165, 1.54) is 11.9 Å². The first-order valence-corrected chi connectivity index (χ1v) is 10.4. The van der Waals surface area contributed by atoms with Crippen molar-refractivity contribution >= 4 is 23.3 Å². The minimum absolute atomic E-state index is 0.316. The van der Waals surface area contributed by atoms with Crippen LogP contribution in [0, 0.1) is 5.92 Å². The van der Waals surface area contributed by atoms with Gasteiger partial charge in [0.2, 0.25) is 5.88 Å². The van der Waals surface area contributed by atoms with Crippen LogP contribution in [0.4, 0.5) is 5.82 Å². The van der Waals surface area contributed by atoms with Crippen LogP contribution in [0.5, 0.6) is 5.88 Å². The molecular weight excluding hydrogens is 362 g/mol. The van der Waals surface area contributed by atoms with Crippen molar-refractivity contribution in [2.45, 2.75) is 64.4 Å². The van der Waals surface area contributed by atoms with Crippen molar-refractivity contribution in [2.75, 3.05) is 5.73 Å². The molecule has 1 aliphatic carbocycles. The van der Waals surface area contributed by atoms with E-state index in [1.54, 1.807) is 6.92 Å². The first-order chi connectivity index (χ1) is 13.8. The van der Waals surface area contributed by atoms with Gasteiger partial charge in [-0.15, -0.1) is 0 Å². The van der Waals surface area contributed by atoms with Gasteiger partial charge in [0, 0.05) is 12.0 Å². The number of anilines is 1. The number of ether oxygens (including phenoxy) is 1. The molecule has 5 heteroatoms. The molecule has 0 bridgehead atoms. The zero-order valence-corrected chi connectivity index (χ0v) is 17.4. The van der Waals surface area contributed by atoms with Crippen LogP contribution in [0.3, 0.4) is 0 Å². The van der Waals surface area contributed by atoms with E-state index in [1.807, 2.05) is 13.8 Å². The van der Waals surface area contributed by atoms with Crippen LogP contribution in [0.1, 0.15) is 75.5 Å². The number of nitrogens with two attached hydrogens (primary N) is 1. The molecular formula is C24H29N3O2. The van der Waals surface area contributed by atoms with E-state index in [0.717, 1.165) is 48.8 Å². The van der Waals surface area contributed by atoms with Crippen LogP contribution in [0.2, 0.25) is 0 Å². The zero-order chi connectivity index (χ0) is 20.6. The van der Waals surface area contributed by atoms with Gasteiger partial charge in [0.05, 0.1) is 5.56 Å². The van der Waals surface area contributed by atoms with Gasteiger partial charge >= 0.3 is 0 Å². The molecule has 1 aromatic heterocycles. The molecule has 0 amide bonds. The van der Waals surface area contributed by atoms with E-state index in [2.05, 4.69) is 40.3 Å². The Labute approximate surface area is 172 Å². The number of fused-ring (bicyclic) bond motifs is 1. The zero-order valence-electron chi connectivity index (χ0n) is 17.4. The summed E-state index contributed by atoms with van der Waals surface area (Å²) in [7, 11) is 0.